The van der Waals surface area contributed by atoms with Crippen LogP contribution < -0.4 is 5.73 Å². The number of hydrogen-bond acceptors (Lipinski definition) is 3. The highest BCUT2D eigenvalue weighted by Gasteiger charge is 2.17. The molecule has 0 aliphatic carbocycles. The molecule has 0 radical (unpaired) electrons. The van der Waals surface area contributed by atoms with Crippen molar-refractivity contribution in [1.82, 2.24) is 9.80 Å². The molecule has 2 amide bonds. The first-order valence-corrected chi connectivity index (χ1v) is 6.28. The van der Waals surface area contributed by atoms with Crippen LogP contribution in [0, 0.1) is 0 Å². The van der Waals surface area contributed by atoms with Crippen LogP contribution in [0.25, 0.3) is 0 Å². The van der Waals surface area contributed by atoms with Crippen LogP contribution in [0.15, 0.2) is 24.3 Å². The molecule has 1 aromatic carbocycles. The van der Waals surface area contributed by atoms with Gasteiger partial charge in [0.15, 0.2) is 0 Å². The van der Waals surface area contributed by atoms with Gasteiger partial charge >= 0.3 is 0 Å². The highest BCUT2D eigenvalue weighted by Crippen LogP contribution is 2.07. The summed E-state index contributed by atoms with van der Waals surface area (Å²) >= 11 is 0. The molecule has 0 fully saturated rings. The van der Waals surface area contributed by atoms with E-state index in [1.807, 2.05) is 19.1 Å². The van der Waals surface area contributed by atoms with Crippen LogP contribution in [0.4, 0.5) is 0 Å². The van der Waals surface area contributed by atoms with Gasteiger partial charge in [-0.1, -0.05) is 12.1 Å². The predicted octanol–water partition coefficient (Wildman–Crippen LogP) is 0.696. The Bertz CT molecular complexity index is 441. The Labute approximate surface area is 114 Å². The van der Waals surface area contributed by atoms with E-state index in [2.05, 4.69) is 0 Å². The fourth-order valence-corrected chi connectivity index (χ4v) is 1.60. The van der Waals surface area contributed by atoms with Crippen molar-refractivity contribution in [3.8, 4) is 0 Å². The minimum atomic E-state index is -0.138. The molecular weight excluding hydrogens is 242 g/mol. The van der Waals surface area contributed by atoms with Gasteiger partial charge in [-0.2, -0.15) is 0 Å². The molecule has 1 aromatic rings. The van der Waals surface area contributed by atoms with Crippen molar-refractivity contribution in [3.63, 3.8) is 0 Å². The summed E-state index contributed by atoms with van der Waals surface area (Å²) in [7, 11) is 3.35. The monoisotopic (exact) mass is 263 g/mol. The number of benzene rings is 1. The Morgan fingerprint density at radius 2 is 1.74 bits per heavy atom. The summed E-state index contributed by atoms with van der Waals surface area (Å²) < 4.78 is 0. The molecule has 0 heterocycles. The fourth-order valence-electron chi connectivity index (χ4n) is 1.60. The number of amides is 2. The van der Waals surface area contributed by atoms with Crippen LogP contribution in [-0.2, 0) is 11.3 Å². The largest absolute Gasteiger partial charge is 0.347 e. The summed E-state index contributed by atoms with van der Waals surface area (Å²) in [6.45, 7) is 2.90. The summed E-state index contributed by atoms with van der Waals surface area (Å²) in [5, 5.41) is 0. The lowest BCUT2D eigenvalue weighted by Gasteiger charge is -2.22. The van der Waals surface area contributed by atoms with Crippen molar-refractivity contribution in [2.24, 2.45) is 5.73 Å². The number of carbonyl (C=O) groups is 2. The van der Waals surface area contributed by atoms with E-state index in [-0.39, 0.29) is 18.4 Å². The van der Waals surface area contributed by atoms with Crippen molar-refractivity contribution in [2.45, 2.75) is 13.5 Å². The molecule has 0 saturated carbocycles. The SMILES string of the molecule is CCN(CC(=O)N(C)C)C(=O)c1ccc(CN)cc1. The van der Waals surface area contributed by atoms with E-state index >= 15 is 0 Å². The van der Waals surface area contributed by atoms with Gasteiger partial charge in [0.1, 0.15) is 0 Å². The predicted molar refractivity (Wildman–Crippen MR) is 74.6 cm³/mol. The number of likely N-dealkylation sites (N-methyl/N-ethyl adjacent to an activating group) is 2. The second kappa shape index (κ2) is 6.89. The molecule has 0 aliphatic heterocycles. The quantitative estimate of drug-likeness (QED) is 0.850. The molecule has 104 valence electrons. The van der Waals surface area contributed by atoms with Gasteiger partial charge in [-0.05, 0) is 24.6 Å². The first kappa shape index (κ1) is 15.2. The van der Waals surface area contributed by atoms with Crippen molar-refractivity contribution >= 4 is 11.8 Å². The maximum atomic E-state index is 12.3. The van der Waals surface area contributed by atoms with Gasteiger partial charge in [-0.25, -0.2) is 0 Å². The van der Waals surface area contributed by atoms with E-state index in [1.165, 1.54) is 9.80 Å². The summed E-state index contributed by atoms with van der Waals surface area (Å²) in [6, 6.07) is 7.14. The minimum Gasteiger partial charge on any atom is -0.347 e. The number of hydrogen-bond donors (Lipinski definition) is 1. The first-order valence-electron chi connectivity index (χ1n) is 6.28. The van der Waals surface area contributed by atoms with E-state index in [9.17, 15) is 9.59 Å². The lowest BCUT2D eigenvalue weighted by atomic mass is 10.1. The van der Waals surface area contributed by atoms with Crippen molar-refractivity contribution in [2.75, 3.05) is 27.2 Å². The smallest absolute Gasteiger partial charge is 0.254 e. The second-order valence-electron chi connectivity index (χ2n) is 4.51. The summed E-state index contributed by atoms with van der Waals surface area (Å²) in [6.07, 6.45) is 0. The van der Waals surface area contributed by atoms with Gasteiger partial charge in [0, 0.05) is 32.7 Å². The summed E-state index contributed by atoms with van der Waals surface area (Å²) in [5.74, 6) is -0.227. The minimum absolute atomic E-state index is 0.0891. The molecule has 0 atom stereocenters. The summed E-state index contributed by atoms with van der Waals surface area (Å²) in [5.41, 5.74) is 7.07. The third kappa shape index (κ3) is 4.06. The lowest BCUT2D eigenvalue weighted by Crippen LogP contribution is -2.40. The molecule has 19 heavy (non-hydrogen) atoms. The zero-order chi connectivity index (χ0) is 14.4. The Hall–Kier alpha value is -1.88. The highest BCUT2D eigenvalue weighted by molar-refractivity contribution is 5.96. The maximum absolute atomic E-state index is 12.3. The average molecular weight is 263 g/mol. The van der Waals surface area contributed by atoms with Gasteiger partial charge in [0.25, 0.3) is 5.91 Å². The Morgan fingerprint density at radius 1 is 1.16 bits per heavy atom. The zero-order valence-corrected chi connectivity index (χ0v) is 11.7. The molecule has 2 N–H and O–H groups in total. The average Bonchev–Trinajstić information content (AvgIpc) is 2.43. The van der Waals surface area contributed by atoms with Crippen LogP contribution >= 0.6 is 0 Å². The van der Waals surface area contributed by atoms with E-state index in [0.29, 0.717) is 18.7 Å². The molecule has 0 spiro atoms. The Kier molecular flexibility index (Phi) is 5.51. The molecular formula is C14H21N3O2. The molecule has 0 saturated heterocycles. The van der Waals surface area contributed by atoms with Crippen molar-refractivity contribution in [3.05, 3.63) is 35.4 Å². The topological polar surface area (TPSA) is 66.6 Å². The second-order valence-corrected chi connectivity index (χ2v) is 4.51. The highest BCUT2D eigenvalue weighted by atomic mass is 16.2. The number of nitrogens with zero attached hydrogens (tertiary/aromatic N) is 2. The van der Waals surface area contributed by atoms with E-state index < -0.39 is 0 Å². The molecule has 0 aromatic heterocycles. The van der Waals surface area contributed by atoms with E-state index in [1.54, 1.807) is 26.2 Å². The summed E-state index contributed by atoms with van der Waals surface area (Å²) in [4.78, 5) is 26.9. The Morgan fingerprint density at radius 3 is 2.16 bits per heavy atom. The molecule has 0 bridgehead atoms. The van der Waals surface area contributed by atoms with Gasteiger partial charge in [0.05, 0.1) is 6.54 Å². The van der Waals surface area contributed by atoms with Crippen molar-refractivity contribution < 1.29 is 9.59 Å². The van der Waals surface area contributed by atoms with Crippen LogP contribution in [0.2, 0.25) is 0 Å². The van der Waals surface area contributed by atoms with Crippen LogP contribution in [-0.4, -0.2) is 48.8 Å². The standard InChI is InChI=1S/C14H21N3O2/c1-4-17(10-13(18)16(2)3)14(19)12-7-5-11(9-15)6-8-12/h5-8H,4,9-10,15H2,1-3H3. The molecule has 5 heteroatoms. The van der Waals surface area contributed by atoms with E-state index in [4.69, 9.17) is 5.73 Å². The van der Waals surface area contributed by atoms with Gasteiger partial charge in [-0.3, -0.25) is 9.59 Å². The van der Waals surface area contributed by atoms with Crippen LogP contribution in [0.5, 0.6) is 0 Å². The number of nitrogens with two attached hydrogens (primary N) is 1. The van der Waals surface area contributed by atoms with E-state index in [0.717, 1.165) is 5.56 Å². The Balaban J connectivity index is 2.80. The number of rotatable bonds is 5. The third-order valence-corrected chi connectivity index (χ3v) is 2.93. The molecule has 1 rings (SSSR count). The van der Waals surface area contributed by atoms with Crippen LogP contribution in [0.3, 0.4) is 0 Å². The van der Waals surface area contributed by atoms with Gasteiger partial charge in [-0.15, -0.1) is 0 Å². The zero-order valence-electron chi connectivity index (χ0n) is 11.7. The lowest BCUT2D eigenvalue weighted by molar-refractivity contribution is -0.129. The molecule has 0 aliphatic rings. The normalized spacial score (nSPS) is 10.1. The van der Waals surface area contributed by atoms with Crippen LogP contribution in [0.1, 0.15) is 22.8 Å². The molecule has 5 nitrogen and oxygen atoms in total. The van der Waals surface area contributed by atoms with Gasteiger partial charge < -0.3 is 15.5 Å². The molecule has 0 unspecified atom stereocenters. The van der Waals surface area contributed by atoms with Crippen molar-refractivity contribution in [1.29, 1.82) is 0 Å². The fraction of sp³-hybridized carbons (Fsp3) is 0.429. The third-order valence-electron chi connectivity index (χ3n) is 2.93. The van der Waals surface area contributed by atoms with Gasteiger partial charge in [0.2, 0.25) is 5.91 Å². The number of carbonyl (C=O) groups excluding carboxylic acids is 2. The first-order chi connectivity index (χ1) is 8.99. The maximum Gasteiger partial charge on any atom is 0.254 e.